The van der Waals surface area contributed by atoms with Gasteiger partial charge in [-0.25, -0.2) is 4.98 Å². The summed E-state index contributed by atoms with van der Waals surface area (Å²) in [6.07, 6.45) is 1.64. The number of nitrogens with zero attached hydrogens (tertiary/aromatic N) is 1. The van der Waals surface area contributed by atoms with E-state index in [2.05, 4.69) is 48.8 Å². The highest BCUT2D eigenvalue weighted by Gasteiger charge is 2.12. The number of benzene rings is 1. The Balaban J connectivity index is 2.22. The molecule has 17 heavy (non-hydrogen) atoms. The van der Waals surface area contributed by atoms with Gasteiger partial charge in [0.1, 0.15) is 0 Å². The molecule has 0 aliphatic carbocycles. The smallest absolute Gasteiger partial charge is 0.258 e. The van der Waals surface area contributed by atoms with Crippen LogP contribution in [0.2, 0.25) is 5.02 Å². The first-order chi connectivity index (χ1) is 8.06. The molecule has 1 N–H and O–H groups in total. The molecule has 0 atom stereocenters. The monoisotopic (exact) mass is 442 g/mol. The van der Waals surface area contributed by atoms with Crippen LogP contribution >= 0.6 is 61.5 Å². The fraction of sp³-hybridized carbons (Fsp3) is 0. The number of nitrogens with one attached hydrogen (secondary N) is 1. The average molecular weight is 443 g/mol. The van der Waals surface area contributed by atoms with Gasteiger partial charge in [-0.05, 0) is 56.7 Å². The Morgan fingerprint density at radius 3 is 2.94 bits per heavy atom. The summed E-state index contributed by atoms with van der Waals surface area (Å²) in [4.78, 5) is 16.0. The molecule has 0 radical (unpaired) electrons. The topological polar surface area (TPSA) is 42.0 Å². The summed E-state index contributed by atoms with van der Waals surface area (Å²) in [6.45, 7) is 0. The maximum Gasteiger partial charge on any atom is 0.258 e. The lowest BCUT2D eigenvalue weighted by atomic mass is 10.2. The molecule has 1 heterocycles. The molecule has 1 aromatic carbocycles. The molecule has 0 spiro atoms. The fourth-order valence-corrected chi connectivity index (χ4v) is 3.00. The molecule has 0 unspecified atom stereocenters. The standard InChI is InChI=1S/C10H5BrClIN2OS/c11-8-4-14-10(17-8)15-9(16)6-3-5(12)1-2-7(6)13/h1-4H,(H,14,15,16). The van der Waals surface area contributed by atoms with E-state index in [1.807, 2.05) is 0 Å². The van der Waals surface area contributed by atoms with E-state index < -0.39 is 0 Å². The van der Waals surface area contributed by atoms with Crippen molar-refractivity contribution in [3.05, 3.63) is 42.3 Å². The van der Waals surface area contributed by atoms with Gasteiger partial charge in [0.2, 0.25) is 0 Å². The van der Waals surface area contributed by atoms with Crippen LogP contribution in [0.1, 0.15) is 10.4 Å². The summed E-state index contributed by atoms with van der Waals surface area (Å²) in [5.41, 5.74) is 0.546. The van der Waals surface area contributed by atoms with Crippen molar-refractivity contribution >= 4 is 72.5 Å². The van der Waals surface area contributed by atoms with Gasteiger partial charge in [-0.3, -0.25) is 10.1 Å². The quantitative estimate of drug-likeness (QED) is 0.699. The van der Waals surface area contributed by atoms with E-state index in [0.29, 0.717) is 15.7 Å². The number of anilines is 1. The van der Waals surface area contributed by atoms with Crippen molar-refractivity contribution in [3.63, 3.8) is 0 Å². The summed E-state index contributed by atoms with van der Waals surface area (Å²) in [6, 6.07) is 5.19. The third kappa shape index (κ3) is 3.40. The molecule has 2 aromatic rings. The van der Waals surface area contributed by atoms with Crippen molar-refractivity contribution in [1.29, 1.82) is 0 Å². The van der Waals surface area contributed by atoms with Gasteiger partial charge >= 0.3 is 0 Å². The van der Waals surface area contributed by atoms with Gasteiger partial charge in [0.15, 0.2) is 5.13 Å². The third-order valence-corrected chi connectivity index (χ3v) is 4.44. The van der Waals surface area contributed by atoms with Crippen LogP contribution in [0, 0.1) is 3.57 Å². The molecule has 0 aliphatic heterocycles. The molecule has 7 heteroatoms. The SMILES string of the molecule is O=C(Nc1ncc(Br)s1)c1cc(Cl)ccc1I. The van der Waals surface area contributed by atoms with E-state index in [4.69, 9.17) is 11.6 Å². The Hall–Kier alpha value is -0.180. The van der Waals surface area contributed by atoms with Crippen LogP contribution in [0.5, 0.6) is 0 Å². The molecule has 1 amide bonds. The van der Waals surface area contributed by atoms with Gasteiger partial charge in [-0.2, -0.15) is 0 Å². The second-order valence-electron chi connectivity index (χ2n) is 3.05. The molecule has 88 valence electrons. The van der Waals surface area contributed by atoms with Gasteiger partial charge in [-0.1, -0.05) is 22.9 Å². The number of hydrogen-bond donors (Lipinski definition) is 1. The normalized spacial score (nSPS) is 10.3. The number of thiazole rings is 1. The Morgan fingerprint density at radius 2 is 2.29 bits per heavy atom. The number of amides is 1. The van der Waals surface area contributed by atoms with Crippen LogP contribution in [-0.4, -0.2) is 10.9 Å². The number of halogens is 3. The fourth-order valence-electron chi connectivity index (χ4n) is 1.15. The second kappa shape index (κ2) is 5.64. The molecule has 0 saturated carbocycles. The highest BCUT2D eigenvalue weighted by molar-refractivity contribution is 14.1. The number of carbonyl (C=O) groups excluding carboxylic acids is 1. The zero-order valence-corrected chi connectivity index (χ0v) is 13.5. The van der Waals surface area contributed by atoms with Gasteiger partial charge in [-0.15, -0.1) is 0 Å². The van der Waals surface area contributed by atoms with Crippen LogP contribution in [0.25, 0.3) is 0 Å². The highest BCUT2D eigenvalue weighted by Crippen LogP contribution is 2.24. The lowest BCUT2D eigenvalue weighted by molar-refractivity contribution is 0.102. The van der Waals surface area contributed by atoms with Crippen molar-refractivity contribution < 1.29 is 4.79 Å². The maximum absolute atomic E-state index is 12.0. The van der Waals surface area contributed by atoms with Crippen LogP contribution < -0.4 is 5.32 Å². The van der Waals surface area contributed by atoms with E-state index in [-0.39, 0.29) is 5.91 Å². The molecule has 1 aromatic heterocycles. The lowest BCUT2D eigenvalue weighted by Crippen LogP contribution is -2.13. The van der Waals surface area contributed by atoms with Crippen molar-refractivity contribution in [3.8, 4) is 0 Å². The largest absolute Gasteiger partial charge is 0.298 e. The van der Waals surface area contributed by atoms with E-state index in [1.165, 1.54) is 11.3 Å². The Kier molecular flexibility index (Phi) is 4.40. The first-order valence-electron chi connectivity index (χ1n) is 4.44. The minimum Gasteiger partial charge on any atom is -0.298 e. The summed E-state index contributed by atoms with van der Waals surface area (Å²) < 4.78 is 1.72. The van der Waals surface area contributed by atoms with Crippen LogP contribution in [0.4, 0.5) is 5.13 Å². The summed E-state index contributed by atoms with van der Waals surface area (Å²) in [7, 11) is 0. The molecule has 0 saturated heterocycles. The van der Waals surface area contributed by atoms with E-state index in [0.717, 1.165) is 7.36 Å². The average Bonchev–Trinajstić information content (AvgIpc) is 2.67. The third-order valence-electron chi connectivity index (χ3n) is 1.87. The van der Waals surface area contributed by atoms with Crippen molar-refractivity contribution in [2.24, 2.45) is 0 Å². The van der Waals surface area contributed by atoms with Crippen LogP contribution in [-0.2, 0) is 0 Å². The van der Waals surface area contributed by atoms with Crippen molar-refractivity contribution in [2.45, 2.75) is 0 Å². The number of rotatable bonds is 2. The zero-order chi connectivity index (χ0) is 12.4. The Labute approximate surface area is 129 Å². The molecule has 0 bridgehead atoms. The van der Waals surface area contributed by atoms with Crippen LogP contribution in [0.15, 0.2) is 28.2 Å². The molecular formula is C10H5BrClIN2OS. The Morgan fingerprint density at radius 1 is 1.53 bits per heavy atom. The molecule has 2 rings (SSSR count). The summed E-state index contributed by atoms with van der Waals surface area (Å²) in [5.74, 6) is -0.209. The second-order valence-corrected chi connectivity index (χ2v) is 7.06. The van der Waals surface area contributed by atoms with Crippen molar-refractivity contribution in [2.75, 3.05) is 5.32 Å². The predicted molar refractivity (Wildman–Crippen MR) is 81.9 cm³/mol. The molecular weight excluding hydrogens is 438 g/mol. The van der Waals surface area contributed by atoms with E-state index >= 15 is 0 Å². The first-order valence-corrected chi connectivity index (χ1v) is 7.50. The number of carbonyl (C=O) groups is 1. The summed E-state index contributed by atoms with van der Waals surface area (Å²) in [5, 5.41) is 3.81. The molecule has 3 nitrogen and oxygen atoms in total. The lowest BCUT2D eigenvalue weighted by Gasteiger charge is -2.04. The minimum absolute atomic E-state index is 0.209. The summed E-state index contributed by atoms with van der Waals surface area (Å²) >= 11 is 12.6. The van der Waals surface area contributed by atoms with Gasteiger partial charge < -0.3 is 0 Å². The number of aromatic nitrogens is 1. The number of hydrogen-bond acceptors (Lipinski definition) is 3. The van der Waals surface area contributed by atoms with Crippen molar-refractivity contribution in [1.82, 2.24) is 4.98 Å². The zero-order valence-electron chi connectivity index (χ0n) is 8.21. The minimum atomic E-state index is -0.209. The molecule has 0 fully saturated rings. The van der Waals surface area contributed by atoms with Gasteiger partial charge in [0, 0.05) is 8.59 Å². The predicted octanol–water partition coefficient (Wildman–Crippen LogP) is 4.42. The Bertz CT molecular complexity index is 575. The van der Waals surface area contributed by atoms with E-state index in [9.17, 15) is 4.79 Å². The molecule has 0 aliphatic rings. The van der Waals surface area contributed by atoms with Gasteiger partial charge in [0.25, 0.3) is 5.91 Å². The van der Waals surface area contributed by atoms with Crippen LogP contribution in [0.3, 0.4) is 0 Å². The first kappa shape index (κ1) is 13.3. The maximum atomic E-state index is 12.0. The van der Waals surface area contributed by atoms with E-state index in [1.54, 1.807) is 24.4 Å². The highest BCUT2D eigenvalue weighted by atomic mass is 127. The van der Waals surface area contributed by atoms with Gasteiger partial charge in [0.05, 0.1) is 15.5 Å².